The number of halogens is 2. The van der Waals surface area contributed by atoms with Crippen LogP contribution in [-0.4, -0.2) is 18.5 Å². The fraction of sp³-hybridized carbons (Fsp3) is 0.176. The molecule has 7 heteroatoms. The molecule has 0 atom stereocenters. The van der Waals surface area contributed by atoms with Crippen molar-refractivity contribution in [3.8, 4) is 0 Å². The van der Waals surface area contributed by atoms with Gasteiger partial charge >= 0.3 is 6.03 Å². The summed E-state index contributed by atoms with van der Waals surface area (Å²) in [5, 5.41) is 4.66. The number of carbonyl (C=O) groups excluding carboxylic acids is 2. The number of hydrogen-bond acceptors (Lipinski definition) is 2. The molecule has 0 aliphatic carbocycles. The van der Waals surface area contributed by atoms with Gasteiger partial charge in [-0.05, 0) is 42.8 Å². The summed E-state index contributed by atoms with van der Waals surface area (Å²) in [4.78, 5) is 25.5. The second-order valence-electron chi connectivity index (χ2n) is 5.33. The van der Waals surface area contributed by atoms with Crippen molar-refractivity contribution >= 4 is 29.0 Å². The van der Waals surface area contributed by atoms with Crippen LogP contribution in [0.2, 0.25) is 0 Å². The molecule has 2 aromatic carbocycles. The molecule has 1 aliphatic heterocycles. The summed E-state index contributed by atoms with van der Waals surface area (Å²) in [5.74, 6) is -1.71. The van der Waals surface area contributed by atoms with E-state index in [-0.39, 0.29) is 12.3 Å². The maximum atomic E-state index is 13.5. The van der Waals surface area contributed by atoms with Crippen LogP contribution in [-0.2, 0) is 11.2 Å². The van der Waals surface area contributed by atoms with Crippen LogP contribution in [0.1, 0.15) is 12.5 Å². The molecule has 0 bridgehead atoms. The third-order valence-electron chi connectivity index (χ3n) is 3.79. The molecule has 0 aromatic heterocycles. The Morgan fingerprint density at radius 1 is 1.17 bits per heavy atom. The Labute approximate surface area is 137 Å². The first-order valence-electron chi connectivity index (χ1n) is 7.45. The molecule has 2 N–H and O–H groups in total. The summed E-state index contributed by atoms with van der Waals surface area (Å²) in [6.07, 6.45) is 0.266. The van der Waals surface area contributed by atoms with Gasteiger partial charge in [-0.3, -0.25) is 4.79 Å². The van der Waals surface area contributed by atoms with E-state index < -0.39 is 23.4 Å². The molecular formula is C17H15F2N3O2. The highest BCUT2D eigenvalue weighted by Crippen LogP contribution is 2.31. The fourth-order valence-electron chi connectivity index (χ4n) is 2.70. The summed E-state index contributed by atoms with van der Waals surface area (Å²) in [7, 11) is 0. The summed E-state index contributed by atoms with van der Waals surface area (Å²) in [5.41, 5.74) is 1.54. The van der Waals surface area contributed by atoms with E-state index in [4.69, 9.17) is 0 Å². The van der Waals surface area contributed by atoms with Gasteiger partial charge in [-0.25, -0.2) is 13.6 Å². The highest BCUT2D eigenvalue weighted by molar-refractivity contribution is 6.03. The lowest BCUT2D eigenvalue weighted by Crippen LogP contribution is -2.25. The van der Waals surface area contributed by atoms with Crippen molar-refractivity contribution in [1.82, 2.24) is 0 Å². The van der Waals surface area contributed by atoms with Gasteiger partial charge < -0.3 is 15.5 Å². The second kappa shape index (κ2) is 6.27. The van der Waals surface area contributed by atoms with Gasteiger partial charge in [0.15, 0.2) is 0 Å². The lowest BCUT2D eigenvalue weighted by molar-refractivity contribution is -0.117. The molecule has 0 saturated heterocycles. The van der Waals surface area contributed by atoms with Crippen LogP contribution in [0, 0.1) is 11.6 Å². The number of likely N-dealkylation sites (N-methyl/N-ethyl adjacent to an activating group) is 1. The lowest BCUT2D eigenvalue weighted by Gasteiger charge is -2.15. The number of para-hydroxylation sites is 1. The lowest BCUT2D eigenvalue weighted by atomic mass is 10.1. The SMILES string of the molecule is CCN1C(=O)Cc2cc(NC(=O)Nc3c(F)cccc3F)ccc21. The molecule has 1 aliphatic rings. The Bertz CT molecular complexity index is 803. The van der Waals surface area contributed by atoms with Crippen LogP contribution in [0.25, 0.3) is 0 Å². The molecule has 0 unspecified atom stereocenters. The third-order valence-corrected chi connectivity index (χ3v) is 3.79. The predicted octanol–water partition coefficient (Wildman–Crippen LogP) is 3.52. The van der Waals surface area contributed by atoms with Crippen LogP contribution >= 0.6 is 0 Å². The van der Waals surface area contributed by atoms with Gasteiger partial charge in [0.05, 0.1) is 6.42 Å². The molecule has 1 heterocycles. The minimum Gasteiger partial charge on any atom is -0.312 e. The van der Waals surface area contributed by atoms with E-state index in [0.29, 0.717) is 12.2 Å². The number of amides is 3. The van der Waals surface area contributed by atoms with E-state index in [9.17, 15) is 18.4 Å². The van der Waals surface area contributed by atoms with Crippen molar-refractivity contribution in [2.75, 3.05) is 22.1 Å². The van der Waals surface area contributed by atoms with Crippen molar-refractivity contribution < 1.29 is 18.4 Å². The van der Waals surface area contributed by atoms with Gasteiger partial charge in [-0.1, -0.05) is 6.07 Å². The summed E-state index contributed by atoms with van der Waals surface area (Å²) >= 11 is 0. The van der Waals surface area contributed by atoms with Crippen LogP contribution < -0.4 is 15.5 Å². The van der Waals surface area contributed by atoms with Crippen LogP contribution in [0.15, 0.2) is 36.4 Å². The average molecular weight is 331 g/mol. The molecular weight excluding hydrogens is 316 g/mol. The molecule has 0 spiro atoms. The molecule has 3 amide bonds. The van der Waals surface area contributed by atoms with Crippen molar-refractivity contribution in [3.63, 3.8) is 0 Å². The number of benzene rings is 2. The zero-order valence-corrected chi connectivity index (χ0v) is 12.9. The van der Waals surface area contributed by atoms with E-state index in [1.165, 1.54) is 6.07 Å². The summed E-state index contributed by atoms with van der Waals surface area (Å²) in [6, 6.07) is 7.61. The standard InChI is InChI=1S/C17H15F2N3O2/c1-2-22-14-7-6-11(8-10(14)9-15(22)23)20-17(24)21-16-12(18)4-3-5-13(16)19/h3-8H,2,9H2,1H3,(H2,20,21,24). The first-order valence-corrected chi connectivity index (χ1v) is 7.45. The zero-order valence-electron chi connectivity index (χ0n) is 12.9. The maximum absolute atomic E-state index is 13.5. The van der Waals surface area contributed by atoms with Gasteiger partial charge in [-0.2, -0.15) is 0 Å². The number of rotatable bonds is 3. The van der Waals surface area contributed by atoms with E-state index in [2.05, 4.69) is 10.6 Å². The summed E-state index contributed by atoms with van der Waals surface area (Å²) < 4.78 is 27.1. The Morgan fingerprint density at radius 2 is 1.88 bits per heavy atom. The van der Waals surface area contributed by atoms with Crippen LogP contribution in [0.5, 0.6) is 0 Å². The maximum Gasteiger partial charge on any atom is 0.323 e. The minimum absolute atomic E-state index is 0.00234. The molecule has 0 radical (unpaired) electrons. The number of anilines is 3. The molecule has 5 nitrogen and oxygen atoms in total. The van der Waals surface area contributed by atoms with E-state index >= 15 is 0 Å². The Balaban J connectivity index is 1.74. The Hall–Kier alpha value is -2.96. The zero-order chi connectivity index (χ0) is 17.3. The van der Waals surface area contributed by atoms with Crippen molar-refractivity contribution in [2.45, 2.75) is 13.3 Å². The molecule has 2 aromatic rings. The molecule has 0 fully saturated rings. The Kier molecular flexibility index (Phi) is 4.16. The smallest absolute Gasteiger partial charge is 0.312 e. The van der Waals surface area contributed by atoms with Crippen molar-refractivity contribution in [3.05, 3.63) is 53.6 Å². The minimum atomic E-state index is -0.858. The quantitative estimate of drug-likeness (QED) is 0.904. The van der Waals surface area contributed by atoms with E-state index in [1.807, 2.05) is 6.92 Å². The number of urea groups is 1. The van der Waals surface area contributed by atoms with E-state index in [1.54, 1.807) is 23.1 Å². The number of fused-ring (bicyclic) bond motifs is 1. The van der Waals surface area contributed by atoms with Gasteiger partial charge in [0, 0.05) is 17.9 Å². The van der Waals surface area contributed by atoms with Crippen LogP contribution in [0.4, 0.5) is 30.6 Å². The second-order valence-corrected chi connectivity index (χ2v) is 5.33. The highest BCUT2D eigenvalue weighted by atomic mass is 19.1. The first kappa shape index (κ1) is 15.9. The highest BCUT2D eigenvalue weighted by Gasteiger charge is 2.26. The topological polar surface area (TPSA) is 61.4 Å². The van der Waals surface area contributed by atoms with Gasteiger partial charge in [0.2, 0.25) is 5.91 Å². The fourth-order valence-corrected chi connectivity index (χ4v) is 2.70. The average Bonchev–Trinajstić information content (AvgIpc) is 2.85. The number of nitrogens with zero attached hydrogens (tertiary/aromatic N) is 1. The van der Waals surface area contributed by atoms with Crippen LogP contribution in [0.3, 0.4) is 0 Å². The third kappa shape index (κ3) is 2.92. The number of nitrogens with one attached hydrogen (secondary N) is 2. The first-order chi connectivity index (χ1) is 11.5. The molecule has 0 saturated carbocycles. The number of hydrogen-bond donors (Lipinski definition) is 2. The number of carbonyl (C=O) groups is 2. The van der Waals surface area contributed by atoms with E-state index in [0.717, 1.165) is 23.4 Å². The monoisotopic (exact) mass is 331 g/mol. The predicted molar refractivity (Wildman–Crippen MR) is 87.2 cm³/mol. The largest absolute Gasteiger partial charge is 0.323 e. The van der Waals surface area contributed by atoms with Gasteiger partial charge in [0.25, 0.3) is 0 Å². The molecule has 24 heavy (non-hydrogen) atoms. The Morgan fingerprint density at radius 3 is 2.54 bits per heavy atom. The molecule has 124 valence electrons. The normalized spacial score (nSPS) is 13.0. The van der Waals surface area contributed by atoms with Gasteiger partial charge in [0.1, 0.15) is 17.3 Å². The summed E-state index contributed by atoms with van der Waals surface area (Å²) in [6.45, 7) is 2.46. The van der Waals surface area contributed by atoms with Crippen molar-refractivity contribution in [1.29, 1.82) is 0 Å². The molecule has 3 rings (SSSR count). The van der Waals surface area contributed by atoms with Gasteiger partial charge in [-0.15, -0.1) is 0 Å². The van der Waals surface area contributed by atoms with Crippen molar-refractivity contribution in [2.24, 2.45) is 0 Å².